The van der Waals surface area contributed by atoms with Gasteiger partial charge in [0.1, 0.15) is 0 Å². The normalized spacial score (nSPS) is 10.5. The number of halogens is 3. The molecule has 2 aromatic carbocycles. The minimum absolute atomic E-state index is 0.185. The largest absolute Gasteiger partial charge is 0.204 e. The van der Waals surface area contributed by atoms with E-state index in [0.29, 0.717) is 10.6 Å². The number of hydrogen-bond donors (Lipinski definition) is 0. The molecule has 82 valence electrons. The molecule has 0 unspecified atom stereocenters. The van der Waals surface area contributed by atoms with E-state index in [0.717, 1.165) is 11.6 Å². The summed E-state index contributed by atoms with van der Waals surface area (Å²) in [5.74, 6) is -1.73. The van der Waals surface area contributed by atoms with Gasteiger partial charge in [-0.2, -0.15) is 0 Å². The van der Waals surface area contributed by atoms with Crippen LogP contribution in [0.5, 0.6) is 0 Å². The molecule has 0 saturated heterocycles. The van der Waals surface area contributed by atoms with Crippen LogP contribution in [0.15, 0.2) is 36.4 Å². The van der Waals surface area contributed by atoms with Crippen molar-refractivity contribution in [2.45, 2.75) is 6.92 Å². The van der Waals surface area contributed by atoms with Gasteiger partial charge in [0.15, 0.2) is 11.6 Å². The molecule has 0 heterocycles. The van der Waals surface area contributed by atoms with Gasteiger partial charge in [-0.3, -0.25) is 0 Å². The molecule has 0 bridgehead atoms. The van der Waals surface area contributed by atoms with Crippen molar-refractivity contribution in [3.8, 4) is 11.1 Å². The van der Waals surface area contributed by atoms with E-state index in [9.17, 15) is 8.78 Å². The van der Waals surface area contributed by atoms with Crippen LogP contribution in [0.25, 0.3) is 11.1 Å². The Hall–Kier alpha value is -1.41. The minimum Gasteiger partial charge on any atom is -0.204 e. The van der Waals surface area contributed by atoms with Crippen LogP contribution < -0.4 is 0 Å². The van der Waals surface area contributed by atoms with Crippen molar-refractivity contribution < 1.29 is 8.78 Å². The first-order valence-electron chi connectivity index (χ1n) is 4.80. The van der Waals surface area contributed by atoms with Gasteiger partial charge in [-0.05, 0) is 24.6 Å². The van der Waals surface area contributed by atoms with Crippen LogP contribution in [0.4, 0.5) is 8.78 Å². The minimum atomic E-state index is -0.867. The quantitative estimate of drug-likeness (QED) is 0.682. The number of rotatable bonds is 1. The monoisotopic (exact) mass is 238 g/mol. The summed E-state index contributed by atoms with van der Waals surface area (Å²) in [5.41, 5.74) is 1.67. The summed E-state index contributed by atoms with van der Waals surface area (Å²) in [6.07, 6.45) is 0. The lowest BCUT2D eigenvalue weighted by Crippen LogP contribution is -1.90. The maximum absolute atomic E-state index is 13.5. The van der Waals surface area contributed by atoms with Gasteiger partial charge < -0.3 is 0 Å². The number of aryl methyl sites for hydroxylation is 1. The molecule has 0 amide bonds. The first kappa shape index (κ1) is 11.1. The SMILES string of the molecule is Cc1ccc(-c2cccc(F)c2F)c(Cl)c1. The summed E-state index contributed by atoms with van der Waals surface area (Å²) in [7, 11) is 0. The third-order valence-electron chi connectivity index (χ3n) is 2.37. The Morgan fingerprint density at radius 2 is 1.75 bits per heavy atom. The Labute approximate surface area is 97.5 Å². The van der Waals surface area contributed by atoms with Gasteiger partial charge in [-0.15, -0.1) is 0 Å². The van der Waals surface area contributed by atoms with Crippen LogP contribution >= 0.6 is 11.6 Å². The second kappa shape index (κ2) is 4.22. The van der Waals surface area contributed by atoms with Crippen molar-refractivity contribution in [1.82, 2.24) is 0 Å². The fourth-order valence-corrected chi connectivity index (χ4v) is 1.89. The van der Waals surface area contributed by atoms with E-state index in [1.54, 1.807) is 12.1 Å². The van der Waals surface area contributed by atoms with Crippen LogP contribution in [-0.4, -0.2) is 0 Å². The van der Waals surface area contributed by atoms with Gasteiger partial charge in [0.25, 0.3) is 0 Å². The zero-order valence-electron chi connectivity index (χ0n) is 8.60. The maximum Gasteiger partial charge on any atom is 0.166 e. The Morgan fingerprint density at radius 1 is 1.00 bits per heavy atom. The molecule has 0 radical (unpaired) electrons. The number of hydrogen-bond acceptors (Lipinski definition) is 0. The molecule has 0 saturated carbocycles. The second-order valence-electron chi connectivity index (χ2n) is 3.58. The molecule has 0 aliphatic heterocycles. The van der Waals surface area contributed by atoms with Crippen LogP contribution in [0.3, 0.4) is 0 Å². The third-order valence-corrected chi connectivity index (χ3v) is 2.68. The van der Waals surface area contributed by atoms with Gasteiger partial charge in [0.05, 0.1) is 0 Å². The van der Waals surface area contributed by atoms with E-state index in [1.807, 2.05) is 13.0 Å². The van der Waals surface area contributed by atoms with Crippen LogP contribution in [-0.2, 0) is 0 Å². The highest BCUT2D eigenvalue weighted by Crippen LogP contribution is 2.31. The van der Waals surface area contributed by atoms with Crippen LogP contribution in [0, 0.1) is 18.6 Å². The van der Waals surface area contributed by atoms with E-state index in [4.69, 9.17) is 11.6 Å². The first-order valence-corrected chi connectivity index (χ1v) is 5.18. The lowest BCUT2D eigenvalue weighted by molar-refractivity contribution is 0.511. The number of benzene rings is 2. The molecule has 0 N–H and O–H groups in total. The summed E-state index contributed by atoms with van der Waals surface area (Å²) in [6.45, 7) is 1.89. The van der Waals surface area contributed by atoms with Crippen molar-refractivity contribution in [1.29, 1.82) is 0 Å². The van der Waals surface area contributed by atoms with E-state index in [-0.39, 0.29) is 5.56 Å². The van der Waals surface area contributed by atoms with Crippen LogP contribution in [0.1, 0.15) is 5.56 Å². The zero-order valence-corrected chi connectivity index (χ0v) is 9.35. The fourth-order valence-electron chi connectivity index (χ4n) is 1.55. The Balaban J connectivity index is 2.63. The smallest absolute Gasteiger partial charge is 0.166 e. The molecule has 0 aliphatic rings. The zero-order chi connectivity index (χ0) is 11.7. The molecule has 0 nitrogen and oxygen atoms in total. The highest BCUT2D eigenvalue weighted by atomic mass is 35.5. The first-order chi connectivity index (χ1) is 7.59. The standard InChI is InChI=1S/C13H9ClF2/c1-8-5-6-9(11(14)7-8)10-3-2-4-12(15)13(10)16/h2-7H,1H3. The lowest BCUT2D eigenvalue weighted by Gasteiger charge is -2.07. The molecule has 0 atom stereocenters. The molecule has 2 rings (SSSR count). The molecule has 0 aromatic heterocycles. The lowest BCUT2D eigenvalue weighted by atomic mass is 10.0. The molecular weight excluding hydrogens is 230 g/mol. The Kier molecular flexibility index (Phi) is 2.92. The highest BCUT2D eigenvalue weighted by Gasteiger charge is 2.12. The van der Waals surface area contributed by atoms with Crippen molar-refractivity contribution in [2.75, 3.05) is 0 Å². The van der Waals surface area contributed by atoms with Gasteiger partial charge in [-0.25, -0.2) is 8.78 Å². The van der Waals surface area contributed by atoms with Gasteiger partial charge in [0.2, 0.25) is 0 Å². The van der Waals surface area contributed by atoms with Crippen molar-refractivity contribution in [2.24, 2.45) is 0 Å². The molecule has 0 aliphatic carbocycles. The molecular formula is C13H9ClF2. The average molecular weight is 239 g/mol. The Morgan fingerprint density at radius 3 is 2.44 bits per heavy atom. The molecule has 2 aromatic rings. The van der Waals surface area contributed by atoms with E-state index >= 15 is 0 Å². The van der Waals surface area contributed by atoms with Crippen LogP contribution in [0.2, 0.25) is 5.02 Å². The van der Waals surface area contributed by atoms with Gasteiger partial charge in [-0.1, -0.05) is 35.9 Å². The van der Waals surface area contributed by atoms with E-state index < -0.39 is 11.6 Å². The maximum atomic E-state index is 13.5. The van der Waals surface area contributed by atoms with Crippen molar-refractivity contribution >= 4 is 11.6 Å². The van der Waals surface area contributed by atoms with E-state index in [1.165, 1.54) is 12.1 Å². The fraction of sp³-hybridized carbons (Fsp3) is 0.0769. The summed E-state index contributed by atoms with van der Waals surface area (Å²) >= 11 is 6.00. The van der Waals surface area contributed by atoms with Gasteiger partial charge >= 0.3 is 0 Å². The molecule has 0 fully saturated rings. The summed E-state index contributed by atoms with van der Waals surface area (Å²) < 4.78 is 26.6. The van der Waals surface area contributed by atoms with Crippen molar-refractivity contribution in [3.63, 3.8) is 0 Å². The van der Waals surface area contributed by atoms with Crippen molar-refractivity contribution in [3.05, 3.63) is 58.6 Å². The average Bonchev–Trinajstić information content (AvgIpc) is 2.23. The molecule has 16 heavy (non-hydrogen) atoms. The summed E-state index contributed by atoms with van der Waals surface area (Å²) in [4.78, 5) is 0. The second-order valence-corrected chi connectivity index (χ2v) is 3.99. The predicted octanol–water partition coefficient (Wildman–Crippen LogP) is 4.59. The Bertz CT molecular complexity index is 535. The predicted molar refractivity (Wildman–Crippen MR) is 61.5 cm³/mol. The topological polar surface area (TPSA) is 0 Å². The summed E-state index contributed by atoms with van der Waals surface area (Å²) in [6, 6.07) is 9.28. The highest BCUT2D eigenvalue weighted by molar-refractivity contribution is 6.33. The third kappa shape index (κ3) is 1.93. The van der Waals surface area contributed by atoms with Gasteiger partial charge in [0, 0.05) is 16.1 Å². The van der Waals surface area contributed by atoms with E-state index in [2.05, 4.69) is 0 Å². The summed E-state index contributed by atoms with van der Waals surface area (Å²) in [5, 5.41) is 0.421. The molecule has 0 spiro atoms. The molecule has 3 heteroatoms.